The highest BCUT2D eigenvalue weighted by Gasteiger charge is 2.15. The molecule has 0 saturated carbocycles. The number of hydrogen-bond acceptors (Lipinski definition) is 5. The molecule has 0 atom stereocenters. The number of thiophene rings is 1. The molecule has 1 amide bonds. The summed E-state index contributed by atoms with van der Waals surface area (Å²) in [5, 5.41) is 9.57. The number of carbonyl (C=O) groups is 1. The van der Waals surface area contributed by atoms with Gasteiger partial charge in [0.1, 0.15) is 16.5 Å². The van der Waals surface area contributed by atoms with Gasteiger partial charge < -0.3 is 5.32 Å². The molecule has 0 unspecified atom stereocenters. The molecule has 3 aromatic heterocycles. The molecule has 3 rings (SSSR count). The number of rotatable bonds is 4. The third-order valence-electron chi connectivity index (χ3n) is 2.92. The Hall–Kier alpha value is -1.70. The summed E-state index contributed by atoms with van der Waals surface area (Å²) in [5.41, 5.74) is 0.390. The molecule has 0 radical (unpaired) electrons. The SMILES string of the molecule is CC(C)n1nccc1NC(=O)c1csc(-c2ccc(Cl)s2)n1. The quantitative estimate of drug-likeness (QED) is 0.749. The van der Waals surface area contributed by atoms with Crippen molar-refractivity contribution in [2.24, 2.45) is 0 Å². The lowest BCUT2D eigenvalue weighted by molar-refractivity contribution is 0.102. The number of amides is 1. The van der Waals surface area contributed by atoms with Crippen LogP contribution in [0.1, 0.15) is 30.4 Å². The van der Waals surface area contributed by atoms with Crippen molar-refractivity contribution in [1.82, 2.24) is 14.8 Å². The second kappa shape index (κ2) is 6.20. The average Bonchev–Trinajstić information content (AvgIpc) is 3.16. The third-order valence-corrected chi connectivity index (χ3v) is 5.16. The number of aromatic nitrogens is 3. The zero-order chi connectivity index (χ0) is 15.7. The van der Waals surface area contributed by atoms with Gasteiger partial charge in [-0.3, -0.25) is 4.79 Å². The van der Waals surface area contributed by atoms with Crippen LogP contribution >= 0.6 is 34.3 Å². The topological polar surface area (TPSA) is 59.8 Å². The second-order valence-corrected chi connectivity index (χ2v) is 7.42. The summed E-state index contributed by atoms with van der Waals surface area (Å²) < 4.78 is 2.46. The zero-order valence-electron chi connectivity index (χ0n) is 11.9. The van der Waals surface area contributed by atoms with Gasteiger partial charge in [0, 0.05) is 17.5 Å². The molecule has 0 aromatic carbocycles. The predicted octanol–water partition coefficient (Wildman–Crippen LogP) is 4.55. The van der Waals surface area contributed by atoms with E-state index in [4.69, 9.17) is 11.6 Å². The Bertz CT molecular complexity index is 805. The summed E-state index contributed by atoms with van der Waals surface area (Å²) in [4.78, 5) is 17.6. The Balaban J connectivity index is 1.78. The Kier molecular flexibility index (Phi) is 4.28. The molecule has 22 heavy (non-hydrogen) atoms. The van der Waals surface area contributed by atoms with Crippen LogP contribution in [0.25, 0.3) is 9.88 Å². The molecule has 114 valence electrons. The van der Waals surface area contributed by atoms with Crippen LogP contribution in [0.3, 0.4) is 0 Å². The Morgan fingerprint density at radius 2 is 2.18 bits per heavy atom. The molecule has 5 nitrogen and oxygen atoms in total. The van der Waals surface area contributed by atoms with E-state index in [-0.39, 0.29) is 11.9 Å². The van der Waals surface area contributed by atoms with Crippen LogP contribution in [-0.4, -0.2) is 20.7 Å². The van der Waals surface area contributed by atoms with Crippen LogP contribution in [0.4, 0.5) is 5.82 Å². The summed E-state index contributed by atoms with van der Waals surface area (Å²) >= 11 is 8.80. The minimum Gasteiger partial charge on any atom is -0.305 e. The van der Waals surface area contributed by atoms with Gasteiger partial charge in [0.25, 0.3) is 5.91 Å². The fourth-order valence-electron chi connectivity index (χ4n) is 1.93. The van der Waals surface area contributed by atoms with Gasteiger partial charge in [-0.05, 0) is 26.0 Å². The van der Waals surface area contributed by atoms with E-state index < -0.39 is 0 Å². The van der Waals surface area contributed by atoms with Crippen molar-refractivity contribution < 1.29 is 4.79 Å². The number of carbonyl (C=O) groups excluding carboxylic acids is 1. The maximum Gasteiger partial charge on any atom is 0.276 e. The van der Waals surface area contributed by atoms with E-state index in [0.717, 1.165) is 9.88 Å². The number of hydrogen-bond donors (Lipinski definition) is 1. The number of nitrogens with zero attached hydrogens (tertiary/aromatic N) is 3. The van der Waals surface area contributed by atoms with Gasteiger partial charge >= 0.3 is 0 Å². The van der Waals surface area contributed by atoms with Crippen LogP contribution in [0.2, 0.25) is 4.34 Å². The smallest absolute Gasteiger partial charge is 0.276 e. The number of nitrogens with one attached hydrogen (secondary N) is 1. The van der Waals surface area contributed by atoms with Crippen molar-refractivity contribution >= 4 is 46.0 Å². The number of anilines is 1. The molecule has 0 bridgehead atoms. The van der Waals surface area contributed by atoms with Crippen molar-refractivity contribution in [3.05, 3.63) is 39.8 Å². The standard InChI is InChI=1S/C14H13ClN4OS2/c1-8(2)19-12(5-6-16-19)18-13(20)9-7-21-14(17-9)10-3-4-11(15)22-10/h3-8H,1-2H3,(H,18,20). The molecular weight excluding hydrogens is 340 g/mol. The van der Waals surface area contributed by atoms with Gasteiger partial charge in [-0.25, -0.2) is 9.67 Å². The lowest BCUT2D eigenvalue weighted by Gasteiger charge is -2.10. The van der Waals surface area contributed by atoms with Gasteiger partial charge in [0.05, 0.1) is 15.4 Å². The van der Waals surface area contributed by atoms with Gasteiger partial charge in [-0.2, -0.15) is 5.10 Å². The number of thiazole rings is 1. The molecule has 0 spiro atoms. The maximum atomic E-state index is 12.3. The van der Waals surface area contributed by atoms with Gasteiger partial charge in [0.2, 0.25) is 0 Å². The molecule has 0 saturated heterocycles. The van der Waals surface area contributed by atoms with E-state index >= 15 is 0 Å². The summed E-state index contributed by atoms with van der Waals surface area (Å²) in [6.07, 6.45) is 1.66. The first-order chi connectivity index (χ1) is 10.5. The van der Waals surface area contributed by atoms with Crippen LogP contribution in [0.15, 0.2) is 29.8 Å². The lowest BCUT2D eigenvalue weighted by atomic mass is 10.4. The third kappa shape index (κ3) is 3.06. The van der Waals surface area contributed by atoms with Crippen LogP contribution in [-0.2, 0) is 0 Å². The molecule has 0 fully saturated rings. The van der Waals surface area contributed by atoms with Crippen molar-refractivity contribution in [3.8, 4) is 9.88 Å². The summed E-state index contributed by atoms with van der Waals surface area (Å²) in [6, 6.07) is 5.67. The minimum atomic E-state index is -0.243. The first-order valence-electron chi connectivity index (χ1n) is 6.60. The van der Waals surface area contributed by atoms with Crippen molar-refractivity contribution in [3.63, 3.8) is 0 Å². The molecule has 0 aliphatic rings. The van der Waals surface area contributed by atoms with Crippen LogP contribution < -0.4 is 5.32 Å². The summed E-state index contributed by atoms with van der Waals surface area (Å²) in [5.74, 6) is 0.418. The van der Waals surface area contributed by atoms with Gasteiger partial charge in [0.15, 0.2) is 0 Å². The summed E-state index contributed by atoms with van der Waals surface area (Å²) in [6.45, 7) is 4.01. The van der Waals surface area contributed by atoms with Crippen molar-refractivity contribution in [2.45, 2.75) is 19.9 Å². The lowest BCUT2D eigenvalue weighted by Crippen LogP contribution is -2.17. The largest absolute Gasteiger partial charge is 0.305 e. The normalized spacial score (nSPS) is 11.1. The maximum absolute atomic E-state index is 12.3. The predicted molar refractivity (Wildman–Crippen MR) is 91.0 cm³/mol. The average molecular weight is 353 g/mol. The molecule has 3 heterocycles. The van der Waals surface area contributed by atoms with E-state index in [0.29, 0.717) is 15.8 Å². The highest BCUT2D eigenvalue weighted by molar-refractivity contribution is 7.23. The Labute approximate surface area is 140 Å². The van der Waals surface area contributed by atoms with Crippen LogP contribution in [0.5, 0.6) is 0 Å². The molecule has 0 aliphatic carbocycles. The first kappa shape index (κ1) is 15.2. The van der Waals surface area contributed by atoms with Crippen LogP contribution in [0, 0.1) is 0 Å². The highest BCUT2D eigenvalue weighted by Crippen LogP contribution is 2.33. The summed E-state index contributed by atoms with van der Waals surface area (Å²) in [7, 11) is 0. The van der Waals surface area contributed by atoms with Crippen molar-refractivity contribution in [2.75, 3.05) is 5.32 Å². The second-order valence-electron chi connectivity index (χ2n) is 4.85. The van der Waals surface area contributed by atoms with E-state index in [1.54, 1.807) is 22.3 Å². The fraction of sp³-hybridized carbons (Fsp3) is 0.214. The molecule has 3 aromatic rings. The molecule has 0 aliphatic heterocycles. The fourth-order valence-corrected chi connectivity index (χ4v) is 3.84. The van der Waals surface area contributed by atoms with E-state index in [1.807, 2.05) is 26.0 Å². The van der Waals surface area contributed by atoms with E-state index in [9.17, 15) is 4.79 Å². The molecule has 8 heteroatoms. The van der Waals surface area contributed by atoms with Gasteiger partial charge in [-0.1, -0.05) is 11.6 Å². The molecular formula is C14H13ClN4OS2. The monoisotopic (exact) mass is 352 g/mol. The Morgan fingerprint density at radius 1 is 1.36 bits per heavy atom. The number of halogens is 1. The highest BCUT2D eigenvalue weighted by atomic mass is 35.5. The zero-order valence-corrected chi connectivity index (χ0v) is 14.3. The van der Waals surface area contributed by atoms with Crippen molar-refractivity contribution in [1.29, 1.82) is 0 Å². The first-order valence-corrected chi connectivity index (χ1v) is 8.68. The molecule has 1 N–H and O–H groups in total. The minimum absolute atomic E-state index is 0.171. The Morgan fingerprint density at radius 3 is 2.86 bits per heavy atom. The van der Waals surface area contributed by atoms with Gasteiger partial charge in [-0.15, -0.1) is 22.7 Å². The van der Waals surface area contributed by atoms with E-state index in [1.165, 1.54) is 22.7 Å². The van der Waals surface area contributed by atoms with E-state index in [2.05, 4.69) is 15.4 Å².